The van der Waals surface area contributed by atoms with Crippen LogP contribution in [0.5, 0.6) is 0 Å². The standard InChI is InChI=1S/C31H38ClN3O4S/c1-6-24(4)33-31(37)28(19-25-13-8-7-9-14-25)34(20-26-15-17-27(32)18-16-26)29(36)21-35(40(5,38)39)30-22(2)11-10-12-23(30)3/h7-18,24,28H,6,19-21H2,1-5H3,(H,33,37)/t24-,28+/m0/s1. The molecule has 9 heteroatoms. The second kappa shape index (κ2) is 13.8. The molecule has 0 saturated carbocycles. The van der Waals surface area contributed by atoms with E-state index in [9.17, 15) is 18.0 Å². The first-order chi connectivity index (χ1) is 18.9. The fraction of sp³-hybridized carbons (Fsp3) is 0.355. The summed E-state index contributed by atoms with van der Waals surface area (Å²) in [5.41, 5.74) is 3.59. The maximum Gasteiger partial charge on any atom is 0.244 e. The quantitative estimate of drug-likeness (QED) is 0.314. The minimum Gasteiger partial charge on any atom is -0.352 e. The Hall–Kier alpha value is -3.36. The van der Waals surface area contributed by atoms with Crippen LogP contribution in [-0.4, -0.2) is 50.0 Å². The summed E-state index contributed by atoms with van der Waals surface area (Å²) in [6.45, 7) is 7.17. The van der Waals surface area contributed by atoms with Crippen LogP contribution >= 0.6 is 11.6 Å². The zero-order chi connectivity index (χ0) is 29.4. The molecule has 0 heterocycles. The number of rotatable bonds is 12. The molecule has 0 spiro atoms. The Morgan fingerprint density at radius 1 is 0.900 bits per heavy atom. The van der Waals surface area contributed by atoms with Crippen LogP contribution in [0.3, 0.4) is 0 Å². The van der Waals surface area contributed by atoms with Crippen molar-refractivity contribution < 1.29 is 18.0 Å². The molecule has 0 aromatic heterocycles. The highest BCUT2D eigenvalue weighted by atomic mass is 35.5. The maximum atomic E-state index is 14.2. The van der Waals surface area contributed by atoms with Gasteiger partial charge in [-0.15, -0.1) is 0 Å². The van der Waals surface area contributed by atoms with Gasteiger partial charge >= 0.3 is 0 Å². The second-order valence-electron chi connectivity index (χ2n) is 10.2. The van der Waals surface area contributed by atoms with E-state index < -0.39 is 28.5 Å². The molecule has 3 aromatic carbocycles. The smallest absolute Gasteiger partial charge is 0.244 e. The van der Waals surface area contributed by atoms with Gasteiger partial charge < -0.3 is 10.2 Å². The molecular formula is C31H38ClN3O4S. The average Bonchev–Trinajstić information content (AvgIpc) is 2.90. The summed E-state index contributed by atoms with van der Waals surface area (Å²) in [7, 11) is -3.83. The molecule has 0 saturated heterocycles. The molecular weight excluding hydrogens is 546 g/mol. The van der Waals surface area contributed by atoms with Crippen LogP contribution in [0.25, 0.3) is 0 Å². The van der Waals surface area contributed by atoms with Crippen molar-refractivity contribution in [2.45, 2.75) is 59.2 Å². The van der Waals surface area contributed by atoms with E-state index in [0.29, 0.717) is 10.7 Å². The zero-order valence-corrected chi connectivity index (χ0v) is 25.3. The van der Waals surface area contributed by atoms with E-state index in [1.807, 2.05) is 76.2 Å². The number of anilines is 1. The molecule has 0 radical (unpaired) electrons. The van der Waals surface area contributed by atoms with Crippen molar-refractivity contribution in [2.24, 2.45) is 0 Å². The lowest BCUT2D eigenvalue weighted by Gasteiger charge is -2.34. The van der Waals surface area contributed by atoms with E-state index in [-0.39, 0.29) is 24.9 Å². The van der Waals surface area contributed by atoms with E-state index in [1.54, 1.807) is 24.3 Å². The SMILES string of the molecule is CC[C@H](C)NC(=O)[C@@H](Cc1ccccc1)N(Cc1ccc(Cl)cc1)C(=O)CN(c1c(C)cccc1C)S(C)(=O)=O. The van der Waals surface area contributed by atoms with E-state index in [2.05, 4.69) is 5.32 Å². The number of nitrogens with one attached hydrogen (secondary N) is 1. The lowest BCUT2D eigenvalue weighted by atomic mass is 10.0. The number of sulfonamides is 1. The van der Waals surface area contributed by atoms with Gasteiger partial charge in [0.15, 0.2) is 0 Å². The molecule has 2 amide bonds. The predicted octanol–water partition coefficient (Wildman–Crippen LogP) is 5.28. The number of carbonyl (C=O) groups excluding carboxylic acids is 2. The number of aryl methyl sites for hydroxylation is 2. The molecule has 0 aliphatic rings. The number of para-hydroxylation sites is 1. The Labute approximate surface area is 243 Å². The number of nitrogens with zero attached hydrogens (tertiary/aromatic N) is 2. The molecule has 1 N–H and O–H groups in total. The summed E-state index contributed by atoms with van der Waals surface area (Å²) in [6.07, 6.45) is 2.08. The fourth-order valence-electron chi connectivity index (χ4n) is 4.56. The average molecular weight is 584 g/mol. The number of carbonyl (C=O) groups is 2. The summed E-state index contributed by atoms with van der Waals surface area (Å²) in [5, 5.41) is 3.58. The number of hydrogen-bond acceptors (Lipinski definition) is 4. The van der Waals surface area contributed by atoms with E-state index in [4.69, 9.17) is 11.6 Å². The third kappa shape index (κ3) is 8.32. The maximum absolute atomic E-state index is 14.2. The van der Waals surface area contributed by atoms with Crippen molar-refractivity contribution in [3.63, 3.8) is 0 Å². The molecule has 0 bridgehead atoms. The van der Waals surface area contributed by atoms with Gasteiger partial charge in [0.25, 0.3) is 0 Å². The van der Waals surface area contributed by atoms with Gasteiger partial charge in [-0.3, -0.25) is 13.9 Å². The van der Waals surface area contributed by atoms with Crippen LogP contribution < -0.4 is 9.62 Å². The molecule has 7 nitrogen and oxygen atoms in total. The first-order valence-corrected chi connectivity index (χ1v) is 15.6. The van der Waals surface area contributed by atoms with Gasteiger partial charge in [-0.05, 0) is 61.6 Å². The first kappa shape index (κ1) is 31.2. The van der Waals surface area contributed by atoms with Gasteiger partial charge in [-0.1, -0.05) is 79.2 Å². The highest BCUT2D eigenvalue weighted by molar-refractivity contribution is 7.92. The number of halogens is 1. The Bertz CT molecular complexity index is 1390. The fourth-order valence-corrected chi connectivity index (χ4v) is 5.65. The number of amides is 2. The molecule has 0 unspecified atom stereocenters. The summed E-state index contributed by atoms with van der Waals surface area (Å²) in [4.78, 5) is 29.4. The topological polar surface area (TPSA) is 86.8 Å². The molecule has 3 aromatic rings. The van der Waals surface area contributed by atoms with E-state index in [0.717, 1.165) is 39.2 Å². The monoisotopic (exact) mass is 583 g/mol. The lowest BCUT2D eigenvalue weighted by Crippen LogP contribution is -2.54. The minimum atomic E-state index is -3.83. The number of hydrogen-bond donors (Lipinski definition) is 1. The van der Waals surface area contributed by atoms with Crippen LogP contribution in [-0.2, 0) is 32.6 Å². The Morgan fingerprint density at radius 2 is 1.50 bits per heavy atom. The van der Waals surface area contributed by atoms with Crippen molar-refractivity contribution in [3.8, 4) is 0 Å². The Morgan fingerprint density at radius 3 is 2.05 bits per heavy atom. The molecule has 0 aliphatic heterocycles. The molecule has 0 fully saturated rings. The van der Waals surface area contributed by atoms with Gasteiger partial charge in [-0.2, -0.15) is 0 Å². The van der Waals surface area contributed by atoms with Crippen LogP contribution in [0, 0.1) is 13.8 Å². The van der Waals surface area contributed by atoms with E-state index >= 15 is 0 Å². The molecule has 0 aliphatic carbocycles. The highest BCUT2D eigenvalue weighted by Crippen LogP contribution is 2.27. The van der Waals surface area contributed by atoms with Crippen LogP contribution in [0.1, 0.15) is 42.5 Å². The summed E-state index contributed by atoms with van der Waals surface area (Å²) in [6, 6.07) is 21.0. The zero-order valence-electron chi connectivity index (χ0n) is 23.7. The highest BCUT2D eigenvalue weighted by Gasteiger charge is 2.34. The van der Waals surface area contributed by atoms with Crippen LogP contribution in [0.2, 0.25) is 5.02 Å². The number of benzene rings is 3. The third-order valence-corrected chi connectivity index (χ3v) is 8.27. The van der Waals surface area contributed by atoms with Crippen molar-refractivity contribution in [1.82, 2.24) is 10.2 Å². The van der Waals surface area contributed by atoms with Crippen LogP contribution in [0.4, 0.5) is 5.69 Å². The lowest BCUT2D eigenvalue weighted by molar-refractivity contribution is -0.140. The largest absolute Gasteiger partial charge is 0.352 e. The van der Waals surface area contributed by atoms with Crippen molar-refractivity contribution >= 4 is 39.1 Å². The predicted molar refractivity (Wildman–Crippen MR) is 162 cm³/mol. The second-order valence-corrected chi connectivity index (χ2v) is 12.5. The van der Waals surface area contributed by atoms with Crippen LogP contribution in [0.15, 0.2) is 72.8 Å². The molecule has 40 heavy (non-hydrogen) atoms. The van der Waals surface area contributed by atoms with Gasteiger partial charge in [0.2, 0.25) is 21.8 Å². The minimum absolute atomic E-state index is 0.0969. The van der Waals surface area contributed by atoms with Crippen molar-refractivity contribution in [2.75, 3.05) is 17.1 Å². The van der Waals surface area contributed by atoms with Crippen molar-refractivity contribution in [1.29, 1.82) is 0 Å². The third-order valence-electron chi connectivity index (χ3n) is 6.91. The van der Waals surface area contributed by atoms with E-state index in [1.165, 1.54) is 4.90 Å². The van der Waals surface area contributed by atoms with Gasteiger partial charge in [0, 0.05) is 24.0 Å². The summed E-state index contributed by atoms with van der Waals surface area (Å²) >= 11 is 6.10. The molecule has 2 atom stereocenters. The van der Waals surface area contributed by atoms with Gasteiger partial charge in [0.05, 0.1) is 11.9 Å². The van der Waals surface area contributed by atoms with Gasteiger partial charge in [-0.25, -0.2) is 8.42 Å². The molecule has 214 valence electrons. The molecule has 3 rings (SSSR count). The Balaban J connectivity index is 2.09. The first-order valence-electron chi connectivity index (χ1n) is 13.3. The summed E-state index contributed by atoms with van der Waals surface area (Å²) in [5.74, 6) is -0.776. The normalized spacial score (nSPS) is 12.8. The van der Waals surface area contributed by atoms with Gasteiger partial charge in [0.1, 0.15) is 12.6 Å². The van der Waals surface area contributed by atoms with Crippen molar-refractivity contribution in [3.05, 3.63) is 100 Å². The Kier molecular flexibility index (Phi) is 10.8. The summed E-state index contributed by atoms with van der Waals surface area (Å²) < 4.78 is 27.2.